The minimum atomic E-state index is 0.233. The van der Waals surface area contributed by atoms with Crippen molar-refractivity contribution in [1.29, 1.82) is 0 Å². The highest BCUT2D eigenvalue weighted by Crippen LogP contribution is 2.34. The third-order valence-electron chi connectivity index (χ3n) is 0.793. The van der Waals surface area contributed by atoms with Crippen molar-refractivity contribution >= 4 is 46.7 Å². The van der Waals surface area contributed by atoms with Crippen LogP contribution in [0.5, 0.6) is 0 Å². The molecular weight excluding hydrogens is 183 g/mol. The summed E-state index contributed by atoms with van der Waals surface area (Å²) in [4.78, 5) is 0. The van der Waals surface area contributed by atoms with Gasteiger partial charge in [0.15, 0.2) is 0 Å². The summed E-state index contributed by atoms with van der Waals surface area (Å²) in [5.74, 6) is 2.07. The minimum Gasteiger partial charge on any atom is -0.157 e. The SMILES string of the molecule is ClC1CSCC(Cl)S1. The fourth-order valence-electron chi connectivity index (χ4n) is 0.492. The van der Waals surface area contributed by atoms with Crippen LogP contribution in [0.1, 0.15) is 0 Å². The molecule has 8 heavy (non-hydrogen) atoms. The van der Waals surface area contributed by atoms with Crippen LogP contribution in [-0.2, 0) is 0 Å². The Balaban J connectivity index is 2.23. The second-order valence-electron chi connectivity index (χ2n) is 1.49. The molecule has 0 aromatic heterocycles. The summed E-state index contributed by atoms with van der Waals surface area (Å²) in [6.07, 6.45) is 0. The van der Waals surface area contributed by atoms with Gasteiger partial charge in [-0.1, -0.05) is 0 Å². The number of hydrogen-bond donors (Lipinski definition) is 0. The first-order valence-corrected chi connectivity index (χ1v) is 5.27. The van der Waals surface area contributed by atoms with Crippen molar-refractivity contribution in [2.75, 3.05) is 11.5 Å². The molecule has 2 atom stereocenters. The van der Waals surface area contributed by atoms with E-state index < -0.39 is 0 Å². The van der Waals surface area contributed by atoms with Crippen molar-refractivity contribution in [3.8, 4) is 0 Å². The zero-order valence-electron chi connectivity index (χ0n) is 4.14. The van der Waals surface area contributed by atoms with Gasteiger partial charge in [-0.2, -0.15) is 11.8 Å². The summed E-state index contributed by atoms with van der Waals surface area (Å²) in [7, 11) is 0. The lowest BCUT2D eigenvalue weighted by molar-refractivity contribution is 1.31. The number of alkyl halides is 2. The molecule has 0 radical (unpaired) electrons. The Morgan fingerprint density at radius 2 is 1.62 bits per heavy atom. The predicted octanol–water partition coefficient (Wildman–Crippen LogP) is 2.60. The van der Waals surface area contributed by atoms with Gasteiger partial charge in [-0.05, 0) is 0 Å². The van der Waals surface area contributed by atoms with E-state index in [1.807, 2.05) is 11.8 Å². The Hall–Kier alpha value is 1.28. The molecule has 0 amide bonds. The summed E-state index contributed by atoms with van der Waals surface area (Å²) < 4.78 is 0.465. The number of rotatable bonds is 0. The van der Waals surface area contributed by atoms with Gasteiger partial charge < -0.3 is 0 Å². The van der Waals surface area contributed by atoms with Crippen LogP contribution in [0.25, 0.3) is 0 Å². The van der Waals surface area contributed by atoms with Gasteiger partial charge in [-0.3, -0.25) is 0 Å². The quantitative estimate of drug-likeness (QED) is 0.537. The molecule has 1 aliphatic heterocycles. The van der Waals surface area contributed by atoms with Gasteiger partial charge in [-0.25, -0.2) is 0 Å². The van der Waals surface area contributed by atoms with Gasteiger partial charge in [0.2, 0.25) is 0 Å². The maximum Gasteiger partial charge on any atom is 0.0894 e. The monoisotopic (exact) mass is 188 g/mol. The summed E-state index contributed by atoms with van der Waals surface area (Å²) in [6.45, 7) is 0. The zero-order valence-corrected chi connectivity index (χ0v) is 7.29. The van der Waals surface area contributed by atoms with Gasteiger partial charge >= 0.3 is 0 Å². The third kappa shape index (κ3) is 2.26. The summed E-state index contributed by atoms with van der Waals surface area (Å²) >= 11 is 15.0. The first-order valence-electron chi connectivity index (χ1n) is 2.30. The van der Waals surface area contributed by atoms with Crippen molar-refractivity contribution in [2.24, 2.45) is 0 Å². The van der Waals surface area contributed by atoms with E-state index in [4.69, 9.17) is 23.2 Å². The highest BCUT2D eigenvalue weighted by molar-refractivity contribution is 8.08. The van der Waals surface area contributed by atoms with Crippen molar-refractivity contribution in [3.63, 3.8) is 0 Å². The first kappa shape index (κ1) is 7.39. The van der Waals surface area contributed by atoms with E-state index in [0.29, 0.717) is 0 Å². The molecule has 1 saturated heterocycles. The van der Waals surface area contributed by atoms with Crippen molar-refractivity contribution in [2.45, 2.75) is 9.42 Å². The average molecular weight is 189 g/mol. The number of hydrogen-bond acceptors (Lipinski definition) is 2. The topological polar surface area (TPSA) is 0 Å². The van der Waals surface area contributed by atoms with E-state index in [0.717, 1.165) is 11.5 Å². The van der Waals surface area contributed by atoms with E-state index in [2.05, 4.69) is 0 Å². The van der Waals surface area contributed by atoms with E-state index in [9.17, 15) is 0 Å². The van der Waals surface area contributed by atoms with Crippen LogP contribution in [-0.4, -0.2) is 20.9 Å². The summed E-state index contributed by atoms with van der Waals surface area (Å²) in [5.41, 5.74) is 0. The molecule has 0 N–H and O–H groups in total. The highest BCUT2D eigenvalue weighted by Gasteiger charge is 2.18. The van der Waals surface area contributed by atoms with Crippen molar-refractivity contribution in [3.05, 3.63) is 0 Å². The molecule has 1 fully saturated rings. The normalized spacial score (nSPS) is 39.8. The van der Waals surface area contributed by atoms with E-state index >= 15 is 0 Å². The maximum atomic E-state index is 5.77. The molecule has 0 nitrogen and oxygen atoms in total. The Labute approximate surface area is 67.7 Å². The van der Waals surface area contributed by atoms with Crippen LogP contribution in [0.2, 0.25) is 0 Å². The molecule has 48 valence electrons. The van der Waals surface area contributed by atoms with Crippen molar-refractivity contribution in [1.82, 2.24) is 0 Å². The average Bonchev–Trinajstić information content (AvgIpc) is 1.64. The van der Waals surface area contributed by atoms with E-state index in [1.54, 1.807) is 11.8 Å². The van der Waals surface area contributed by atoms with Gasteiger partial charge in [0.05, 0.1) is 9.42 Å². The van der Waals surface area contributed by atoms with Gasteiger partial charge in [-0.15, -0.1) is 35.0 Å². The molecule has 1 rings (SSSR count). The van der Waals surface area contributed by atoms with Crippen LogP contribution in [0.3, 0.4) is 0 Å². The minimum absolute atomic E-state index is 0.233. The lowest BCUT2D eigenvalue weighted by Crippen LogP contribution is -2.12. The predicted molar refractivity (Wildman–Crippen MR) is 44.2 cm³/mol. The summed E-state index contributed by atoms with van der Waals surface area (Å²) in [6, 6.07) is 0. The molecule has 0 saturated carbocycles. The molecule has 0 aliphatic carbocycles. The highest BCUT2D eigenvalue weighted by atomic mass is 35.5. The van der Waals surface area contributed by atoms with Crippen LogP contribution in [0.4, 0.5) is 0 Å². The summed E-state index contributed by atoms with van der Waals surface area (Å²) in [5, 5.41) is 0. The zero-order chi connectivity index (χ0) is 5.98. The molecule has 2 unspecified atom stereocenters. The van der Waals surface area contributed by atoms with E-state index in [-0.39, 0.29) is 9.42 Å². The van der Waals surface area contributed by atoms with Gasteiger partial charge in [0.25, 0.3) is 0 Å². The molecule has 0 aromatic carbocycles. The van der Waals surface area contributed by atoms with Crippen LogP contribution in [0.15, 0.2) is 0 Å². The molecule has 1 aliphatic rings. The second-order valence-corrected chi connectivity index (χ2v) is 5.55. The molecule has 4 heteroatoms. The molecule has 0 bridgehead atoms. The molecular formula is C4H6Cl2S2. The Morgan fingerprint density at radius 1 is 1.12 bits per heavy atom. The fraction of sp³-hybridized carbons (Fsp3) is 1.00. The molecule has 0 aromatic rings. The van der Waals surface area contributed by atoms with Crippen LogP contribution in [0, 0.1) is 0 Å². The fourth-order valence-corrected chi connectivity index (χ4v) is 3.96. The van der Waals surface area contributed by atoms with Crippen LogP contribution < -0.4 is 0 Å². The lowest BCUT2D eigenvalue weighted by Gasteiger charge is -2.18. The van der Waals surface area contributed by atoms with E-state index in [1.165, 1.54) is 0 Å². The number of thioether (sulfide) groups is 2. The maximum absolute atomic E-state index is 5.77. The number of halogens is 2. The van der Waals surface area contributed by atoms with Gasteiger partial charge in [0, 0.05) is 11.5 Å². The molecule has 0 spiro atoms. The van der Waals surface area contributed by atoms with Gasteiger partial charge in [0.1, 0.15) is 0 Å². The Bertz CT molecular complexity index is 70.4. The standard InChI is InChI=1S/C4H6Cl2S2/c5-3-1-7-2-4(6)8-3/h3-4H,1-2H2. The Morgan fingerprint density at radius 3 is 1.88 bits per heavy atom. The second kappa shape index (κ2) is 3.45. The third-order valence-corrected chi connectivity index (χ3v) is 4.57. The lowest BCUT2D eigenvalue weighted by atomic mass is 10.9. The largest absolute Gasteiger partial charge is 0.157 e. The first-order chi connectivity index (χ1) is 3.79. The Kier molecular flexibility index (Phi) is 3.18. The molecule has 1 heterocycles. The van der Waals surface area contributed by atoms with Crippen LogP contribution >= 0.6 is 46.7 Å². The smallest absolute Gasteiger partial charge is 0.0894 e. The van der Waals surface area contributed by atoms with Crippen molar-refractivity contribution < 1.29 is 0 Å².